The van der Waals surface area contributed by atoms with Crippen molar-refractivity contribution in [2.24, 2.45) is 11.3 Å². The molecule has 0 bridgehead atoms. The van der Waals surface area contributed by atoms with Gasteiger partial charge in [0.15, 0.2) is 0 Å². The molecule has 2 saturated heterocycles. The summed E-state index contributed by atoms with van der Waals surface area (Å²) in [6.07, 6.45) is 6.80. The van der Waals surface area contributed by atoms with Crippen LogP contribution < -0.4 is 4.90 Å². The fourth-order valence-electron chi connectivity index (χ4n) is 4.83. The molecule has 28 heavy (non-hydrogen) atoms. The Hall–Kier alpha value is -2.04. The average Bonchev–Trinajstić information content (AvgIpc) is 3.49. The van der Waals surface area contributed by atoms with Crippen molar-refractivity contribution >= 4 is 17.5 Å². The van der Waals surface area contributed by atoms with Crippen molar-refractivity contribution in [2.45, 2.75) is 44.9 Å². The van der Waals surface area contributed by atoms with E-state index in [4.69, 9.17) is 0 Å². The van der Waals surface area contributed by atoms with E-state index in [1.165, 1.54) is 12.8 Å². The van der Waals surface area contributed by atoms with E-state index in [1.807, 2.05) is 14.1 Å². The first-order valence-electron chi connectivity index (χ1n) is 10.8. The molecule has 2 aliphatic heterocycles. The number of amides is 2. The average molecular weight is 384 g/mol. The van der Waals surface area contributed by atoms with Crippen LogP contribution in [0.1, 0.15) is 44.1 Å². The van der Waals surface area contributed by atoms with Crippen molar-refractivity contribution in [1.82, 2.24) is 9.80 Å². The normalized spacial score (nSPS) is 25.3. The lowest BCUT2D eigenvalue weighted by Crippen LogP contribution is -2.55. The highest BCUT2D eigenvalue weighted by Crippen LogP contribution is 2.40. The molecule has 2 amide bonds. The third-order valence-corrected chi connectivity index (χ3v) is 6.75. The van der Waals surface area contributed by atoms with Crippen molar-refractivity contribution in [2.75, 3.05) is 45.2 Å². The Morgan fingerprint density at radius 2 is 1.89 bits per heavy atom. The highest BCUT2D eigenvalue weighted by atomic mass is 16.2. The quantitative estimate of drug-likeness (QED) is 0.785. The van der Waals surface area contributed by atoms with Gasteiger partial charge in [0, 0.05) is 57.8 Å². The second-order valence-corrected chi connectivity index (χ2v) is 9.37. The Morgan fingerprint density at radius 3 is 2.57 bits per heavy atom. The van der Waals surface area contributed by atoms with Crippen molar-refractivity contribution in [3.63, 3.8) is 0 Å². The number of carbonyl (C=O) groups excluding carboxylic acids is 2. The van der Waals surface area contributed by atoms with Gasteiger partial charge in [0.25, 0.3) is 0 Å². The zero-order valence-corrected chi connectivity index (χ0v) is 17.3. The molecule has 2 heterocycles. The third-order valence-electron chi connectivity index (χ3n) is 6.75. The topological polar surface area (TPSA) is 43.9 Å². The number of carbonyl (C=O) groups is 2. The van der Waals surface area contributed by atoms with Crippen LogP contribution in [0.15, 0.2) is 24.3 Å². The summed E-state index contributed by atoms with van der Waals surface area (Å²) in [6.45, 7) is 3.46. The van der Waals surface area contributed by atoms with Gasteiger partial charge in [-0.2, -0.15) is 0 Å². The van der Waals surface area contributed by atoms with Crippen molar-refractivity contribution < 1.29 is 9.59 Å². The third kappa shape index (κ3) is 4.34. The summed E-state index contributed by atoms with van der Waals surface area (Å²) in [5.74, 6) is 1.27. The maximum atomic E-state index is 13.0. The molecule has 1 aromatic carbocycles. The molecule has 152 valence electrons. The number of piperidine rings is 2. The summed E-state index contributed by atoms with van der Waals surface area (Å²) < 4.78 is 0. The zero-order chi connectivity index (χ0) is 19.7. The molecule has 0 N–H and O–H groups in total. The highest BCUT2D eigenvalue weighted by molar-refractivity contribution is 5.79. The monoisotopic (exact) mass is 383 g/mol. The zero-order valence-electron chi connectivity index (χ0n) is 17.3. The molecule has 1 atom stereocenters. The largest absolute Gasteiger partial charge is 0.378 e. The van der Waals surface area contributed by atoms with Crippen LogP contribution in [0.3, 0.4) is 0 Å². The van der Waals surface area contributed by atoms with Gasteiger partial charge in [-0.3, -0.25) is 9.59 Å². The van der Waals surface area contributed by atoms with Crippen molar-refractivity contribution in [3.05, 3.63) is 29.8 Å². The number of hydrogen-bond acceptors (Lipinski definition) is 3. The van der Waals surface area contributed by atoms with E-state index >= 15 is 0 Å². The summed E-state index contributed by atoms with van der Waals surface area (Å²) in [4.78, 5) is 31.6. The van der Waals surface area contributed by atoms with Gasteiger partial charge in [-0.25, -0.2) is 0 Å². The Morgan fingerprint density at radius 1 is 1.14 bits per heavy atom. The van der Waals surface area contributed by atoms with Crippen LogP contribution in [0, 0.1) is 11.3 Å². The molecular formula is C23H33N3O2. The Balaban J connectivity index is 1.38. The van der Waals surface area contributed by atoms with Crippen molar-refractivity contribution in [3.8, 4) is 0 Å². The summed E-state index contributed by atoms with van der Waals surface area (Å²) in [6, 6.07) is 8.26. The van der Waals surface area contributed by atoms with E-state index < -0.39 is 0 Å². The van der Waals surface area contributed by atoms with Crippen LogP contribution in [-0.4, -0.2) is 61.9 Å². The first-order valence-corrected chi connectivity index (χ1v) is 10.8. The van der Waals surface area contributed by atoms with Crippen LogP contribution in [0.25, 0.3) is 0 Å². The molecule has 0 unspecified atom stereocenters. The molecule has 4 rings (SSSR count). The molecule has 1 aliphatic carbocycles. The minimum absolute atomic E-state index is 0.117. The standard InChI is InChI=1S/C23H33N3O2/c1-24(2)20-8-6-18(7-9-20)14-22(28)25-13-3-11-23(16-25)12-10-21(27)26(17-23)15-19-4-5-19/h6-9,19H,3-5,10-17H2,1-2H3/t23-/m1/s1. The Kier molecular flexibility index (Phi) is 5.35. The minimum Gasteiger partial charge on any atom is -0.378 e. The maximum absolute atomic E-state index is 13.0. The van der Waals surface area contributed by atoms with Crippen LogP contribution >= 0.6 is 0 Å². The highest BCUT2D eigenvalue weighted by Gasteiger charge is 2.43. The predicted octanol–water partition coefficient (Wildman–Crippen LogP) is 2.94. The van der Waals surface area contributed by atoms with Crippen LogP contribution in [0.2, 0.25) is 0 Å². The summed E-state index contributed by atoms with van der Waals surface area (Å²) in [5, 5.41) is 0. The number of anilines is 1. The van der Waals surface area contributed by atoms with Gasteiger partial charge in [0.05, 0.1) is 6.42 Å². The van der Waals surface area contributed by atoms with Gasteiger partial charge in [-0.15, -0.1) is 0 Å². The molecule has 3 fully saturated rings. The molecule has 5 nitrogen and oxygen atoms in total. The van der Waals surface area contributed by atoms with Crippen molar-refractivity contribution in [1.29, 1.82) is 0 Å². The molecule has 0 radical (unpaired) electrons. The number of rotatable bonds is 5. The van der Waals surface area contributed by atoms with Gasteiger partial charge in [0.2, 0.25) is 11.8 Å². The lowest BCUT2D eigenvalue weighted by molar-refractivity contribution is -0.143. The molecule has 1 saturated carbocycles. The van der Waals surface area contributed by atoms with E-state index in [-0.39, 0.29) is 11.3 Å². The number of nitrogens with zero attached hydrogens (tertiary/aromatic N) is 3. The Bertz CT molecular complexity index is 726. The van der Waals surface area contributed by atoms with Gasteiger partial charge in [-0.05, 0) is 55.7 Å². The number of hydrogen-bond donors (Lipinski definition) is 0. The number of likely N-dealkylation sites (tertiary alicyclic amines) is 2. The fourth-order valence-corrected chi connectivity index (χ4v) is 4.83. The molecule has 3 aliphatic rings. The minimum atomic E-state index is 0.117. The summed E-state index contributed by atoms with van der Waals surface area (Å²) >= 11 is 0. The fraction of sp³-hybridized carbons (Fsp3) is 0.652. The molecule has 1 aromatic rings. The SMILES string of the molecule is CN(C)c1ccc(CC(=O)N2CCC[C@@]3(CCC(=O)N(CC4CC4)C3)C2)cc1. The van der Waals surface area contributed by atoms with Gasteiger partial charge in [0.1, 0.15) is 0 Å². The maximum Gasteiger partial charge on any atom is 0.227 e. The van der Waals surface area contributed by atoms with E-state index in [2.05, 4.69) is 39.0 Å². The first kappa shape index (κ1) is 19.3. The van der Waals surface area contributed by atoms with Crippen LogP contribution in [0.5, 0.6) is 0 Å². The Labute approximate surface area is 168 Å². The summed E-state index contributed by atoms with van der Waals surface area (Å²) in [5.41, 5.74) is 2.34. The van der Waals surface area contributed by atoms with E-state index in [1.54, 1.807) is 0 Å². The van der Waals surface area contributed by atoms with E-state index in [0.717, 1.165) is 62.6 Å². The molecule has 1 spiro atoms. The smallest absolute Gasteiger partial charge is 0.227 e. The second kappa shape index (κ2) is 7.76. The molecular weight excluding hydrogens is 350 g/mol. The summed E-state index contributed by atoms with van der Waals surface area (Å²) in [7, 11) is 4.05. The van der Waals surface area contributed by atoms with Crippen LogP contribution in [0.4, 0.5) is 5.69 Å². The van der Waals surface area contributed by atoms with Gasteiger partial charge >= 0.3 is 0 Å². The second-order valence-electron chi connectivity index (χ2n) is 9.37. The van der Waals surface area contributed by atoms with Gasteiger partial charge < -0.3 is 14.7 Å². The van der Waals surface area contributed by atoms with Gasteiger partial charge in [-0.1, -0.05) is 12.1 Å². The van der Waals surface area contributed by atoms with Crippen LogP contribution in [-0.2, 0) is 16.0 Å². The van der Waals surface area contributed by atoms with E-state index in [9.17, 15) is 9.59 Å². The molecule has 5 heteroatoms. The first-order chi connectivity index (χ1) is 13.4. The predicted molar refractivity (Wildman–Crippen MR) is 111 cm³/mol. The lowest BCUT2D eigenvalue weighted by Gasteiger charge is -2.48. The number of benzene rings is 1. The van der Waals surface area contributed by atoms with E-state index in [0.29, 0.717) is 18.7 Å². The molecule has 0 aromatic heterocycles. The lowest BCUT2D eigenvalue weighted by atomic mass is 9.73.